The van der Waals surface area contributed by atoms with E-state index in [1.165, 1.54) is 51.4 Å². The van der Waals surface area contributed by atoms with Gasteiger partial charge in [0.25, 0.3) is 0 Å². The topological polar surface area (TPSA) is 35.6 Å². The number of aryl methyl sites for hydroxylation is 4. The van der Waals surface area contributed by atoms with Crippen LogP contribution in [-0.4, -0.2) is 19.1 Å². The standard InChI is InChI=1S/C18H30N4/c1-17-13-21(15-19-17)11-9-7-5-3-4-6-8-10-12-22-14-18(2)20-16-22/h13-16H,3-12H2,1-2H3. The number of hydrogen-bond acceptors (Lipinski definition) is 2. The second-order valence-electron chi connectivity index (χ2n) is 6.33. The van der Waals surface area contributed by atoms with E-state index < -0.39 is 0 Å². The number of hydrogen-bond donors (Lipinski definition) is 0. The largest absolute Gasteiger partial charge is 0.337 e. The molecule has 0 aliphatic heterocycles. The fourth-order valence-electron chi connectivity index (χ4n) is 2.84. The van der Waals surface area contributed by atoms with E-state index in [2.05, 4.69) is 31.5 Å². The van der Waals surface area contributed by atoms with Crippen molar-refractivity contribution in [1.82, 2.24) is 19.1 Å². The predicted octanol–water partition coefficient (Wildman–Crippen LogP) is 4.52. The van der Waals surface area contributed by atoms with E-state index >= 15 is 0 Å². The SMILES string of the molecule is Cc1cn(CCCCCCCCCCn2cnc(C)c2)cn1. The van der Waals surface area contributed by atoms with Gasteiger partial charge in [0.2, 0.25) is 0 Å². The highest BCUT2D eigenvalue weighted by molar-refractivity contribution is 4.92. The van der Waals surface area contributed by atoms with Gasteiger partial charge in [-0.2, -0.15) is 0 Å². The van der Waals surface area contributed by atoms with Gasteiger partial charge >= 0.3 is 0 Å². The Morgan fingerprint density at radius 1 is 0.636 bits per heavy atom. The maximum Gasteiger partial charge on any atom is 0.0949 e. The molecule has 0 unspecified atom stereocenters. The summed E-state index contributed by atoms with van der Waals surface area (Å²) in [4.78, 5) is 8.51. The van der Waals surface area contributed by atoms with Crippen LogP contribution in [0.3, 0.4) is 0 Å². The third kappa shape index (κ3) is 6.46. The van der Waals surface area contributed by atoms with Crippen molar-refractivity contribution in [3.8, 4) is 0 Å². The maximum atomic E-state index is 4.25. The average Bonchev–Trinajstić information content (AvgIpc) is 3.09. The Balaban J connectivity index is 1.37. The minimum absolute atomic E-state index is 1.12. The molecule has 2 rings (SSSR count). The van der Waals surface area contributed by atoms with Crippen molar-refractivity contribution in [2.24, 2.45) is 0 Å². The summed E-state index contributed by atoms with van der Waals surface area (Å²) in [6.45, 7) is 6.32. The first kappa shape index (κ1) is 16.8. The average molecular weight is 302 g/mol. The first-order valence-corrected chi connectivity index (χ1v) is 8.71. The molecule has 0 N–H and O–H groups in total. The zero-order valence-corrected chi connectivity index (χ0v) is 14.2. The lowest BCUT2D eigenvalue weighted by atomic mass is 10.1. The summed E-state index contributed by atoms with van der Waals surface area (Å²) in [6, 6.07) is 0. The van der Waals surface area contributed by atoms with E-state index in [-0.39, 0.29) is 0 Å². The molecule has 0 aromatic carbocycles. The Bertz CT molecular complexity index is 478. The summed E-state index contributed by atoms with van der Waals surface area (Å²) in [7, 11) is 0. The number of nitrogens with zero attached hydrogens (tertiary/aromatic N) is 4. The van der Waals surface area contributed by atoms with Gasteiger partial charge in [-0.15, -0.1) is 0 Å². The summed E-state index contributed by atoms with van der Waals surface area (Å²) in [6.07, 6.45) is 18.9. The Hall–Kier alpha value is -1.58. The molecule has 122 valence electrons. The van der Waals surface area contributed by atoms with Gasteiger partial charge in [0.1, 0.15) is 0 Å². The zero-order chi connectivity index (χ0) is 15.6. The first-order chi connectivity index (χ1) is 10.7. The van der Waals surface area contributed by atoms with E-state index in [1.807, 2.05) is 26.5 Å². The van der Waals surface area contributed by atoms with E-state index in [0.29, 0.717) is 0 Å². The number of unbranched alkanes of at least 4 members (excludes halogenated alkanes) is 7. The van der Waals surface area contributed by atoms with E-state index in [1.54, 1.807) is 0 Å². The fraction of sp³-hybridized carbons (Fsp3) is 0.667. The summed E-state index contributed by atoms with van der Waals surface area (Å²) >= 11 is 0. The van der Waals surface area contributed by atoms with Gasteiger partial charge in [-0.1, -0.05) is 38.5 Å². The molecule has 0 bridgehead atoms. The van der Waals surface area contributed by atoms with Crippen molar-refractivity contribution in [3.63, 3.8) is 0 Å². The van der Waals surface area contributed by atoms with Crippen LogP contribution < -0.4 is 0 Å². The molecule has 4 heteroatoms. The summed E-state index contributed by atoms with van der Waals surface area (Å²) in [5.41, 5.74) is 2.23. The predicted molar refractivity (Wildman–Crippen MR) is 90.9 cm³/mol. The number of imidazole rings is 2. The lowest BCUT2D eigenvalue weighted by Crippen LogP contribution is -1.95. The van der Waals surface area contributed by atoms with Gasteiger partial charge in [-0.05, 0) is 26.7 Å². The molecule has 0 aliphatic rings. The highest BCUT2D eigenvalue weighted by Gasteiger charge is 1.96. The second kappa shape index (κ2) is 9.44. The van der Waals surface area contributed by atoms with Crippen LogP contribution in [-0.2, 0) is 13.1 Å². The monoisotopic (exact) mass is 302 g/mol. The fourth-order valence-corrected chi connectivity index (χ4v) is 2.84. The van der Waals surface area contributed by atoms with Crippen LogP contribution in [0.5, 0.6) is 0 Å². The van der Waals surface area contributed by atoms with E-state index in [4.69, 9.17) is 0 Å². The summed E-state index contributed by atoms with van der Waals surface area (Å²) in [5, 5.41) is 0. The highest BCUT2D eigenvalue weighted by atomic mass is 15.0. The molecule has 2 aromatic heterocycles. The van der Waals surface area contributed by atoms with E-state index in [9.17, 15) is 0 Å². The van der Waals surface area contributed by atoms with Crippen LogP contribution in [0, 0.1) is 13.8 Å². The molecule has 2 aromatic rings. The van der Waals surface area contributed by atoms with Crippen molar-refractivity contribution in [3.05, 3.63) is 36.4 Å². The molecule has 0 aliphatic carbocycles. The molecule has 0 atom stereocenters. The number of rotatable bonds is 11. The Kier molecular flexibility index (Phi) is 7.20. The van der Waals surface area contributed by atoms with Crippen molar-refractivity contribution in [2.45, 2.75) is 78.3 Å². The molecule has 22 heavy (non-hydrogen) atoms. The molecule has 0 saturated heterocycles. The molecule has 0 fully saturated rings. The smallest absolute Gasteiger partial charge is 0.0949 e. The van der Waals surface area contributed by atoms with Crippen molar-refractivity contribution in [1.29, 1.82) is 0 Å². The molecule has 0 saturated carbocycles. The maximum absolute atomic E-state index is 4.25. The zero-order valence-electron chi connectivity index (χ0n) is 14.2. The molecule has 0 amide bonds. The molecule has 2 heterocycles. The van der Waals surface area contributed by atoms with Gasteiger partial charge in [-0.3, -0.25) is 0 Å². The Morgan fingerprint density at radius 2 is 1.00 bits per heavy atom. The van der Waals surface area contributed by atoms with Gasteiger partial charge in [-0.25, -0.2) is 9.97 Å². The lowest BCUT2D eigenvalue weighted by molar-refractivity contribution is 0.525. The van der Waals surface area contributed by atoms with Crippen molar-refractivity contribution in [2.75, 3.05) is 0 Å². The Labute approximate surface area is 134 Å². The third-order valence-corrected chi connectivity index (χ3v) is 4.11. The van der Waals surface area contributed by atoms with Crippen LogP contribution in [0.15, 0.2) is 25.0 Å². The van der Waals surface area contributed by atoms with Gasteiger partial charge in [0.05, 0.1) is 24.0 Å². The quantitative estimate of drug-likeness (QED) is 0.572. The molecule has 4 nitrogen and oxygen atoms in total. The van der Waals surface area contributed by atoms with Crippen LogP contribution in [0.2, 0.25) is 0 Å². The lowest BCUT2D eigenvalue weighted by Gasteiger charge is -2.04. The van der Waals surface area contributed by atoms with Gasteiger partial charge in [0.15, 0.2) is 0 Å². The summed E-state index contributed by atoms with van der Waals surface area (Å²) < 4.78 is 4.40. The first-order valence-electron chi connectivity index (χ1n) is 8.71. The third-order valence-electron chi connectivity index (χ3n) is 4.11. The highest BCUT2D eigenvalue weighted by Crippen LogP contribution is 2.10. The molecular weight excluding hydrogens is 272 g/mol. The van der Waals surface area contributed by atoms with Gasteiger partial charge in [0, 0.05) is 25.5 Å². The van der Waals surface area contributed by atoms with Gasteiger partial charge < -0.3 is 9.13 Å². The Morgan fingerprint density at radius 3 is 1.32 bits per heavy atom. The van der Waals surface area contributed by atoms with Crippen molar-refractivity contribution < 1.29 is 0 Å². The molecular formula is C18H30N4. The second-order valence-corrected chi connectivity index (χ2v) is 6.33. The van der Waals surface area contributed by atoms with E-state index in [0.717, 1.165) is 24.5 Å². The normalized spacial score (nSPS) is 11.2. The molecule has 0 spiro atoms. The minimum Gasteiger partial charge on any atom is -0.337 e. The van der Waals surface area contributed by atoms with Crippen LogP contribution in [0.1, 0.15) is 62.8 Å². The van der Waals surface area contributed by atoms with Crippen LogP contribution in [0.4, 0.5) is 0 Å². The van der Waals surface area contributed by atoms with Crippen molar-refractivity contribution >= 4 is 0 Å². The number of aromatic nitrogens is 4. The van der Waals surface area contributed by atoms with Crippen LogP contribution in [0.25, 0.3) is 0 Å². The van der Waals surface area contributed by atoms with Crippen LogP contribution >= 0.6 is 0 Å². The minimum atomic E-state index is 1.12. The molecule has 0 radical (unpaired) electrons. The summed E-state index contributed by atoms with van der Waals surface area (Å²) in [5.74, 6) is 0.